The maximum absolute atomic E-state index is 12.5. The minimum Gasteiger partial charge on any atom is -0.489 e. The van der Waals surface area contributed by atoms with Crippen LogP contribution in [0.5, 0.6) is 11.5 Å². The Labute approximate surface area is 173 Å². The van der Waals surface area contributed by atoms with Crippen molar-refractivity contribution in [1.29, 1.82) is 0 Å². The number of fused-ring (bicyclic) bond motifs is 1. The molecule has 0 saturated heterocycles. The van der Waals surface area contributed by atoms with E-state index in [2.05, 4.69) is 0 Å². The standard InChI is InChI=1S/C21H23ClO5S/c1-14-19(23)20(21(24)25-11-5-10-22)28-18-12-16(8-9-17(18)27-14)26-13-15-6-3-2-4-7-15/h2-4,6-9,12,14,19-20,23H,5,10-11,13H2,1H3. The van der Waals surface area contributed by atoms with Crippen molar-refractivity contribution in [3.05, 3.63) is 54.1 Å². The summed E-state index contributed by atoms with van der Waals surface area (Å²) in [7, 11) is 0. The van der Waals surface area contributed by atoms with Crippen LogP contribution in [0, 0.1) is 0 Å². The van der Waals surface area contributed by atoms with Gasteiger partial charge in [0.1, 0.15) is 35.6 Å². The van der Waals surface area contributed by atoms with Gasteiger partial charge < -0.3 is 19.3 Å². The molecule has 3 atom stereocenters. The second kappa shape index (κ2) is 10.0. The lowest BCUT2D eigenvalue weighted by atomic mass is 10.1. The van der Waals surface area contributed by atoms with E-state index in [1.807, 2.05) is 42.5 Å². The predicted octanol–water partition coefficient (Wildman–Crippen LogP) is 4.04. The normalized spacial score (nSPS) is 21.2. The van der Waals surface area contributed by atoms with Crippen molar-refractivity contribution in [2.75, 3.05) is 12.5 Å². The first-order valence-electron chi connectivity index (χ1n) is 9.13. The van der Waals surface area contributed by atoms with Gasteiger partial charge >= 0.3 is 5.97 Å². The van der Waals surface area contributed by atoms with E-state index in [-0.39, 0.29) is 6.61 Å². The highest BCUT2D eigenvalue weighted by molar-refractivity contribution is 8.00. The summed E-state index contributed by atoms with van der Waals surface area (Å²) in [6, 6.07) is 15.3. The third-order valence-electron chi connectivity index (χ3n) is 4.28. The highest BCUT2D eigenvalue weighted by Crippen LogP contribution is 2.41. The molecule has 150 valence electrons. The van der Waals surface area contributed by atoms with Crippen LogP contribution in [0.25, 0.3) is 0 Å². The summed E-state index contributed by atoms with van der Waals surface area (Å²) in [6.45, 7) is 2.40. The number of carbonyl (C=O) groups is 1. The Hall–Kier alpha value is -1.89. The lowest BCUT2D eigenvalue weighted by molar-refractivity contribution is -0.146. The molecule has 1 aliphatic heterocycles. The summed E-state index contributed by atoms with van der Waals surface area (Å²) in [4.78, 5) is 13.2. The first kappa shape index (κ1) is 20.8. The summed E-state index contributed by atoms with van der Waals surface area (Å²) >= 11 is 6.86. The average molecular weight is 423 g/mol. The number of alkyl halides is 1. The number of ether oxygens (including phenoxy) is 3. The van der Waals surface area contributed by atoms with Crippen molar-refractivity contribution in [2.24, 2.45) is 0 Å². The van der Waals surface area contributed by atoms with Crippen molar-refractivity contribution >= 4 is 29.3 Å². The molecule has 7 heteroatoms. The second-order valence-corrected chi connectivity index (χ2v) is 8.01. The molecule has 2 aromatic rings. The van der Waals surface area contributed by atoms with Crippen molar-refractivity contribution < 1.29 is 24.1 Å². The average Bonchev–Trinajstić information content (AvgIpc) is 2.83. The molecule has 3 unspecified atom stereocenters. The molecule has 0 saturated carbocycles. The largest absolute Gasteiger partial charge is 0.489 e. The van der Waals surface area contributed by atoms with Crippen molar-refractivity contribution in [2.45, 2.75) is 42.3 Å². The van der Waals surface area contributed by atoms with E-state index in [1.54, 1.807) is 13.0 Å². The van der Waals surface area contributed by atoms with Gasteiger partial charge in [-0.1, -0.05) is 30.3 Å². The number of esters is 1. The quantitative estimate of drug-likeness (QED) is 0.412. The Morgan fingerprint density at radius 1 is 1.25 bits per heavy atom. The van der Waals surface area contributed by atoms with Crippen LogP contribution in [0.2, 0.25) is 0 Å². The van der Waals surface area contributed by atoms with Crippen LogP contribution >= 0.6 is 23.4 Å². The highest BCUT2D eigenvalue weighted by Gasteiger charge is 2.37. The van der Waals surface area contributed by atoms with Gasteiger partial charge in [-0.05, 0) is 37.1 Å². The molecular formula is C21H23ClO5S. The number of aliphatic hydroxyl groups is 1. The van der Waals surface area contributed by atoms with E-state index in [9.17, 15) is 9.90 Å². The molecule has 0 fully saturated rings. The highest BCUT2D eigenvalue weighted by atomic mass is 35.5. The molecule has 0 spiro atoms. The van der Waals surface area contributed by atoms with Crippen LogP contribution in [0.15, 0.2) is 53.4 Å². The van der Waals surface area contributed by atoms with Crippen molar-refractivity contribution in [3.8, 4) is 11.5 Å². The first-order valence-corrected chi connectivity index (χ1v) is 10.5. The van der Waals surface area contributed by atoms with Gasteiger partial charge in [0.15, 0.2) is 0 Å². The molecule has 5 nitrogen and oxygen atoms in total. The van der Waals surface area contributed by atoms with Gasteiger partial charge in [-0.3, -0.25) is 4.79 Å². The molecule has 1 heterocycles. The van der Waals surface area contributed by atoms with Gasteiger partial charge in [-0.25, -0.2) is 0 Å². The van der Waals surface area contributed by atoms with Crippen LogP contribution in [0.3, 0.4) is 0 Å². The number of rotatable bonds is 7. The van der Waals surface area contributed by atoms with E-state index in [0.29, 0.717) is 30.4 Å². The Morgan fingerprint density at radius 3 is 2.79 bits per heavy atom. The van der Waals surface area contributed by atoms with Gasteiger partial charge in [0.25, 0.3) is 0 Å². The number of carbonyl (C=O) groups excluding carboxylic acids is 1. The number of aliphatic hydroxyl groups excluding tert-OH is 1. The lowest BCUT2D eigenvalue weighted by Gasteiger charge is -2.22. The van der Waals surface area contributed by atoms with Crippen LogP contribution < -0.4 is 9.47 Å². The van der Waals surface area contributed by atoms with Crippen LogP contribution in [0.4, 0.5) is 0 Å². The number of thioether (sulfide) groups is 1. The molecule has 1 N–H and O–H groups in total. The van der Waals surface area contributed by atoms with E-state index < -0.39 is 23.4 Å². The summed E-state index contributed by atoms with van der Waals surface area (Å²) in [5, 5.41) is 9.75. The van der Waals surface area contributed by atoms with Gasteiger partial charge in [-0.2, -0.15) is 0 Å². The van der Waals surface area contributed by atoms with E-state index in [4.69, 9.17) is 25.8 Å². The lowest BCUT2D eigenvalue weighted by Crippen LogP contribution is -2.41. The minimum atomic E-state index is -0.991. The SMILES string of the molecule is CC1Oc2ccc(OCc3ccccc3)cc2SC(C(=O)OCCCCl)C1O. The van der Waals surface area contributed by atoms with Gasteiger partial charge in [0, 0.05) is 5.88 Å². The third kappa shape index (κ3) is 5.34. The molecule has 0 radical (unpaired) electrons. The maximum Gasteiger partial charge on any atom is 0.322 e. The van der Waals surface area contributed by atoms with E-state index >= 15 is 0 Å². The molecule has 0 aromatic heterocycles. The summed E-state index contributed by atoms with van der Waals surface area (Å²) < 4.78 is 17.0. The van der Waals surface area contributed by atoms with Gasteiger partial charge in [0.05, 0.1) is 11.5 Å². The van der Waals surface area contributed by atoms with Crippen LogP contribution in [-0.2, 0) is 16.1 Å². The summed E-state index contributed by atoms with van der Waals surface area (Å²) in [6.07, 6.45) is -0.967. The van der Waals surface area contributed by atoms with Crippen molar-refractivity contribution in [1.82, 2.24) is 0 Å². The van der Waals surface area contributed by atoms with Crippen LogP contribution in [0.1, 0.15) is 18.9 Å². The number of halogens is 1. The fourth-order valence-corrected chi connectivity index (χ4v) is 4.05. The number of benzene rings is 2. The zero-order chi connectivity index (χ0) is 19.9. The van der Waals surface area contributed by atoms with Gasteiger partial charge in [-0.15, -0.1) is 23.4 Å². The topological polar surface area (TPSA) is 65.0 Å². The van der Waals surface area contributed by atoms with Gasteiger partial charge in [0.2, 0.25) is 0 Å². The summed E-state index contributed by atoms with van der Waals surface area (Å²) in [5.74, 6) is 1.22. The molecule has 3 rings (SSSR count). The number of hydrogen-bond donors (Lipinski definition) is 1. The van der Waals surface area contributed by atoms with Crippen LogP contribution in [-0.4, -0.2) is 41.0 Å². The Balaban J connectivity index is 1.73. The Morgan fingerprint density at radius 2 is 2.04 bits per heavy atom. The number of hydrogen-bond acceptors (Lipinski definition) is 6. The zero-order valence-corrected chi connectivity index (χ0v) is 17.1. The molecule has 0 bridgehead atoms. The maximum atomic E-state index is 12.5. The summed E-state index contributed by atoms with van der Waals surface area (Å²) in [5.41, 5.74) is 1.06. The third-order valence-corrected chi connectivity index (χ3v) is 5.84. The second-order valence-electron chi connectivity index (χ2n) is 6.44. The fourth-order valence-electron chi connectivity index (χ4n) is 2.73. The first-order chi connectivity index (χ1) is 13.6. The molecule has 0 amide bonds. The predicted molar refractivity (Wildman–Crippen MR) is 109 cm³/mol. The van der Waals surface area contributed by atoms with Crippen molar-refractivity contribution in [3.63, 3.8) is 0 Å². The monoisotopic (exact) mass is 422 g/mol. The fraction of sp³-hybridized carbons (Fsp3) is 0.381. The van der Waals surface area contributed by atoms with E-state index in [0.717, 1.165) is 10.5 Å². The minimum absolute atomic E-state index is 0.231. The molecular weight excluding hydrogens is 400 g/mol. The Kier molecular flexibility index (Phi) is 7.48. The zero-order valence-electron chi connectivity index (χ0n) is 15.5. The molecule has 2 aromatic carbocycles. The smallest absolute Gasteiger partial charge is 0.322 e. The van der Waals surface area contributed by atoms with E-state index in [1.165, 1.54) is 11.8 Å². The molecule has 1 aliphatic rings. The molecule has 0 aliphatic carbocycles. The Bertz CT molecular complexity index is 786. The molecule has 28 heavy (non-hydrogen) atoms.